The molecular weight excluding hydrogens is 226 g/mol. The van der Waals surface area contributed by atoms with Gasteiger partial charge in [-0.25, -0.2) is 0 Å². The molecule has 0 saturated carbocycles. The van der Waals surface area contributed by atoms with Crippen molar-refractivity contribution in [2.75, 3.05) is 13.1 Å². The van der Waals surface area contributed by atoms with Crippen LogP contribution in [0.5, 0.6) is 0 Å². The molecular formula is C15H21NO2. The maximum Gasteiger partial charge on any atom is 0.325 e. The normalized spacial score (nSPS) is 19.7. The van der Waals surface area contributed by atoms with Gasteiger partial charge in [0.15, 0.2) is 0 Å². The average Bonchev–Trinajstić information content (AvgIpc) is 2.34. The first-order valence-electron chi connectivity index (χ1n) is 6.61. The number of aliphatic carboxylic acids is 1. The van der Waals surface area contributed by atoms with E-state index in [0.717, 1.165) is 37.1 Å². The monoisotopic (exact) mass is 247 g/mol. The Morgan fingerprint density at radius 1 is 1.28 bits per heavy atom. The second kappa shape index (κ2) is 5.53. The van der Waals surface area contributed by atoms with E-state index < -0.39 is 12.0 Å². The van der Waals surface area contributed by atoms with Crippen LogP contribution < -0.4 is 0 Å². The van der Waals surface area contributed by atoms with Crippen LogP contribution in [-0.2, 0) is 4.79 Å². The predicted molar refractivity (Wildman–Crippen MR) is 71.5 cm³/mol. The summed E-state index contributed by atoms with van der Waals surface area (Å²) in [6, 6.07) is 7.35. The molecule has 1 fully saturated rings. The highest BCUT2D eigenvalue weighted by atomic mass is 16.4. The fraction of sp³-hybridized carbons (Fsp3) is 0.533. The quantitative estimate of drug-likeness (QED) is 0.893. The van der Waals surface area contributed by atoms with Gasteiger partial charge in [0.2, 0.25) is 0 Å². The molecule has 1 aliphatic rings. The summed E-state index contributed by atoms with van der Waals surface area (Å²) in [7, 11) is 0. The zero-order valence-electron chi connectivity index (χ0n) is 11.1. The van der Waals surface area contributed by atoms with Crippen LogP contribution in [0.25, 0.3) is 0 Å². The summed E-state index contributed by atoms with van der Waals surface area (Å²) in [5.74, 6) is -0.0258. The molecule has 2 rings (SSSR count). The number of hydrogen-bond acceptors (Lipinski definition) is 2. The first-order chi connectivity index (χ1) is 8.58. The third kappa shape index (κ3) is 2.91. The molecule has 18 heavy (non-hydrogen) atoms. The van der Waals surface area contributed by atoms with Gasteiger partial charge in [0.25, 0.3) is 0 Å². The van der Waals surface area contributed by atoms with Crippen LogP contribution >= 0.6 is 0 Å². The molecule has 1 heterocycles. The molecule has 0 bridgehead atoms. The molecule has 0 amide bonds. The van der Waals surface area contributed by atoms with E-state index in [-0.39, 0.29) is 0 Å². The summed E-state index contributed by atoms with van der Waals surface area (Å²) in [5.41, 5.74) is 2.05. The lowest BCUT2D eigenvalue weighted by atomic mass is 9.95. The van der Waals surface area contributed by atoms with Gasteiger partial charge in [-0.15, -0.1) is 0 Å². The van der Waals surface area contributed by atoms with Gasteiger partial charge >= 0.3 is 5.97 Å². The molecule has 3 heteroatoms. The Bertz CT molecular complexity index is 405. The van der Waals surface area contributed by atoms with Gasteiger partial charge in [-0.05, 0) is 44.3 Å². The van der Waals surface area contributed by atoms with E-state index in [1.54, 1.807) is 0 Å². The Morgan fingerprint density at radius 2 is 1.83 bits per heavy atom. The largest absolute Gasteiger partial charge is 0.480 e. The summed E-state index contributed by atoms with van der Waals surface area (Å²) in [6.07, 6.45) is 2.19. The van der Waals surface area contributed by atoms with E-state index in [1.807, 2.05) is 31.2 Å². The van der Waals surface area contributed by atoms with Gasteiger partial charge < -0.3 is 5.11 Å². The molecule has 98 valence electrons. The van der Waals surface area contributed by atoms with Crippen LogP contribution in [0.1, 0.15) is 36.9 Å². The minimum atomic E-state index is -0.742. The van der Waals surface area contributed by atoms with E-state index in [4.69, 9.17) is 0 Å². The summed E-state index contributed by atoms with van der Waals surface area (Å²) in [5, 5.41) is 9.47. The van der Waals surface area contributed by atoms with E-state index >= 15 is 0 Å². The average molecular weight is 247 g/mol. The number of carbonyl (C=O) groups is 1. The summed E-state index contributed by atoms with van der Waals surface area (Å²) >= 11 is 0. The SMILES string of the molecule is Cc1ccc(C(C(=O)O)N2CCC(C)CC2)cc1. The van der Waals surface area contributed by atoms with Gasteiger partial charge in [0, 0.05) is 0 Å². The second-order valence-corrected chi connectivity index (χ2v) is 5.37. The van der Waals surface area contributed by atoms with Gasteiger partial charge in [-0.3, -0.25) is 9.69 Å². The molecule has 1 unspecified atom stereocenters. The fourth-order valence-electron chi connectivity index (χ4n) is 2.55. The zero-order chi connectivity index (χ0) is 13.1. The Morgan fingerprint density at radius 3 is 2.33 bits per heavy atom. The van der Waals surface area contributed by atoms with Crippen LogP contribution in [0.4, 0.5) is 0 Å². The van der Waals surface area contributed by atoms with Crippen molar-refractivity contribution in [3.8, 4) is 0 Å². The molecule has 1 N–H and O–H groups in total. The van der Waals surface area contributed by atoms with Gasteiger partial charge in [-0.2, -0.15) is 0 Å². The van der Waals surface area contributed by atoms with Crippen LogP contribution in [0.15, 0.2) is 24.3 Å². The summed E-state index contributed by atoms with van der Waals surface area (Å²) in [6.45, 7) is 6.01. The van der Waals surface area contributed by atoms with Gasteiger partial charge in [0.1, 0.15) is 6.04 Å². The van der Waals surface area contributed by atoms with Crippen molar-refractivity contribution in [3.63, 3.8) is 0 Å². The number of benzene rings is 1. The Labute approximate surface area is 108 Å². The van der Waals surface area contributed by atoms with Crippen molar-refractivity contribution in [1.29, 1.82) is 0 Å². The zero-order valence-corrected chi connectivity index (χ0v) is 11.1. The van der Waals surface area contributed by atoms with E-state index in [9.17, 15) is 9.90 Å². The maximum absolute atomic E-state index is 11.5. The third-order valence-electron chi connectivity index (χ3n) is 3.81. The Balaban J connectivity index is 2.18. The molecule has 1 aliphatic heterocycles. The molecule has 1 aromatic carbocycles. The molecule has 1 atom stereocenters. The van der Waals surface area contributed by atoms with Crippen molar-refractivity contribution in [3.05, 3.63) is 35.4 Å². The summed E-state index contributed by atoms with van der Waals surface area (Å²) in [4.78, 5) is 13.6. The lowest BCUT2D eigenvalue weighted by Crippen LogP contribution is -2.39. The standard InChI is InChI=1S/C15H21NO2/c1-11-3-5-13(6-4-11)14(15(17)18)16-9-7-12(2)8-10-16/h3-6,12,14H,7-10H2,1-2H3,(H,17,18). The van der Waals surface area contributed by atoms with Gasteiger partial charge in [0.05, 0.1) is 0 Å². The summed E-state index contributed by atoms with van der Waals surface area (Å²) < 4.78 is 0. The van der Waals surface area contributed by atoms with Crippen molar-refractivity contribution < 1.29 is 9.90 Å². The number of carboxylic acids is 1. The highest BCUT2D eigenvalue weighted by Gasteiger charge is 2.29. The third-order valence-corrected chi connectivity index (χ3v) is 3.81. The lowest BCUT2D eigenvalue weighted by molar-refractivity contribution is -0.144. The van der Waals surface area contributed by atoms with Crippen LogP contribution in [0.2, 0.25) is 0 Å². The van der Waals surface area contributed by atoms with Crippen LogP contribution in [0.3, 0.4) is 0 Å². The number of piperidine rings is 1. The minimum absolute atomic E-state index is 0.488. The van der Waals surface area contributed by atoms with Gasteiger partial charge in [-0.1, -0.05) is 36.8 Å². The first-order valence-corrected chi connectivity index (χ1v) is 6.61. The van der Waals surface area contributed by atoms with Crippen molar-refractivity contribution in [1.82, 2.24) is 4.90 Å². The molecule has 1 saturated heterocycles. The lowest BCUT2D eigenvalue weighted by Gasteiger charge is -2.34. The van der Waals surface area contributed by atoms with Crippen molar-refractivity contribution >= 4 is 5.97 Å². The number of carboxylic acid groups (broad SMARTS) is 1. The van der Waals surface area contributed by atoms with Crippen LogP contribution in [-0.4, -0.2) is 29.1 Å². The van der Waals surface area contributed by atoms with E-state index in [2.05, 4.69) is 11.8 Å². The minimum Gasteiger partial charge on any atom is -0.480 e. The predicted octanol–water partition coefficient (Wildman–Crippen LogP) is 2.85. The Hall–Kier alpha value is -1.35. The van der Waals surface area contributed by atoms with Crippen molar-refractivity contribution in [2.24, 2.45) is 5.92 Å². The molecule has 0 spiro atoms. The number of aryl methyl sites for hydroxylation is 1. The Kier molecular flexibility index (Phi) is 4.02. The van der Waals surface area contributed by atoms with Crippen LogP contribution in [0, 0.1) is 12.8 Å². The number of rotatable bonds is 3. The maximum atomic E-state index is 11.5. The number of nitrogens with zero attached hydrogens (tertiary/aromatic N) is 1. The number of hydrogen-bond donors (Lipinski definition) is 1. The highest BCUT2D eigenvalue weighted by Crippen LogP contribution is 2.27. The highest BCUT2D eigenvalue weighted by molar-refractivity contribution is 5.75. The smallest absolute Gasteiger partial charge is 0.325 e. The molecule has 0 aliphatic carbocycles. The second-order valence-electron chi connectivity index (χ2n) is 5.37. The van der Waals surface area contributed by atoms with Crippen molar-refractivity contribution in [2.45, 2.75) is 32.7 Å². The fourth-order valence-corrected chi connectivity index (χ4v) is 2.55. The molecule has 1 aromatic rings. The van der Waals surface area contributed by atoms with E-state index in [0.29, 0.717) is 5.92 Å². The van der Waals surface area contributed by atoms with E-state index in [1.165, 1.54) is 0 Å². The topological polar surface area (TPSA) is 40.5 Å². The number of likely N-dealkylation sites (tertiary alicyclic amines) is 1. The molecule has 0 aromatic heterocycles. The first kappa shape index (κ1) is 13.1. The molecule has 0 radical (unpaired) electrons. The molecule has 3 nitrogen and oxygen atoms in total.